The van der Waals surface area contributed by atoms with Crippen LogP contribution >= 0.6 is 0 Å². The summed E-state index contributed by atoms with van der Waals surface area (Å²) in [6, 6.07) is 0. The predicted molar refractivity (Wildman–Crippen MR) is 103 cm³/mol. The number of hydrogen-bond donors (Lipinski definition) is 2. The molecule has 0 spiro atoms. The van der Waals surface area contributed by atoms with E-state index in [0.29, 0.717) is 32.1 Å². The molecule has 2 aliphatic carbocycles. The average Bonchev–Trinajstić information content (AvgIpc) is 2.90. The van der Waals surface area contributed by atoms with E-state index in [1.165, 1.54) is 20.8 Å². The molecule has 2 rings (SSSR count). The van der Waals surface area contributed by atoms with Crippen molar-refractivity contribution in [2.75, 3.05) is 0 Å². The summed E-state index contributed by atoms with van der Waals surface area (Å²) >= 11 is 0. The van der Waals surface area contributed by atoms with E-state index in [4.69, 9.17) is 0 Å². The highest BCUT2D eigenvalue weighted by Crippen LogP contribution is 2.64. The molecule has 0 aromatic rings. The Bertz CT molecular complexity index is 652. The number of halogens is 6. The fourth-order valence-corrected chi connectivity index (χ4v) is 6.33. The summed E-state index contributed by atoms with van der Waals surface area (Å²) in [5, 5.41) is 20.0. The van der Waals surface area contributed by atoms with Gasteiger partial charge in [-0.3, -0.25) is 4.79 Å². The first kappa shape index (κ1) is 26.4. The van der Waals surface area contributed by atoms with Gasteiger partial charge in [0, 0.05) is 12.3 Å². The highest BCUT2D eigenvalue weighted by atomic mass is 19.4. The monoisotopic (exact) mass is 460 g/mol. The summed E-state index contributed by atoms with van der Waals surface area (Å²) in [6.07, 6.45) is -10.6. The lowest BCUT2D eigenvalue weighted by atomic mass is 9.54. The summed E-state index contributed by atoms with van der Waals surface area (Å²) in [5.74, 6) is -0.922. The molecule has 31 heavy (non-hydrogen) atoms. The molecule has 0 heterocycles. The van der Waals surface area contributed by atoms with Crippen molar-refractivity contribution in [2.45, 2.75) is 109 Å². The summed E-state index contributed by atoms with van der Waals surface area (Å²) in [7, 11) is 0. The van der Waals surface area contributed by atoms with Crippen molar-refractivity contribution in [1.82, 2.24) is 0 Å². The van der Waals surface area contributed by atoms with E-state index < -0.39 is 46.7 Å². The molecule has 0 saturated heterocycles. The van der Waals surface area contributed by atoms with Crippen LogP contribution in [0.3, 0.4) is 0 Å². The molecule has 4 atom stereocenters. The Kier molecular flexibility index (Phi) is 6.98. The molecule has 0 aromatic carbocycles. The second-order valence-electron chi connectivity index (χ2n) is 10.9. The van der Waals surface area contributed by atoms with Crippen LogP contribution in [0.2, 0.25) is 0 Å². The Labute approximate surface area is 179 Å². The third-order valence-electron chi connectivity index (χ3n) is 7.84. The number of rotatable bonds is 7. The molecule has 0 bridgehead atoms. The van der Waals surface area contributed by atoms with Crippen molar-refractivity contribution in [3.8, 4) is 0 Å². The standard InChI is InChI=1S/C22H34F6O3/c1-17(2,30)10-6-11-18(3,13-20(31,21(23,24)25)22(26,27)28)16-9-8-14-15(29)7-5-12-19(14,16)4/h14,16,30-31H,5-13H2,1-4H3/t14?,16?,18-,19+/m1/s1. The quantitative estimate of drug-likeness (QED) is 0.461. The molecule has 2 N–H and O–H groups in total. The van der Waals surface area contributed by atoms with Crippen molar-refractivity contribution in [3.05, 3.63) is 0 Å². The lowest BCUT2D eigenvalue weighted by Crippen LogP contribution is -2.60. The molecule has 3 nitrogen and oxygen atoms in total. The van der Waals surface area contributed by atoms with Crippen molar-refractivity contribution in [3.63, 3.8) is 0 Å². The minimum Gasteiger partial charge on any atom is -0.390 e. The normalized spacial score (nSPS) is 30.3. The lowest BCUT2D eigenvalue weighted by Gasteiger charge is -2.51. The Morgan fingerprint density at radius 1 is 0.968 bits per heavy atom. The van der Waals surface area contributed by atoms with Crippen LogP contribution in [0, 0.1) is 22.7 Å². The minimum absolute atomic E-state index is 0.0212. The zero-order valence-corrected chi connectivity index (χ0v) is 18.6. The number of aliphatic hydroxyl groups is 2. The molecular formula is C22H34F6O3. The maximum absolute atomic E-state index is 13.6. The van der Waals surface area contributed by atoms with Gasteiger partial charge in [0.2, 0.25) is 0 Å². The predicted octanol–water partition coefficient (Wildman–Crippen LogP) is 5.97. The number of carbonyl (C=O) groups excluding carboxylic acids is 1. The van der Waals surface area contributed by atoms with E-state index in [1.54, 1.807) is 6.92 Å². The van der Waals surface area contributed by atoms with Gasteiger partial charge in [-0.25, -0.2) is 0 Å². The van der Waals surface area contributed by atoms with E-state index in [-0.39, 0.29) is 31.0 Å². The van der Waals surface area contributed by atoms with Gasteiger partial charge >= 0.3 is 12.4 Å². The van der Waals surface area contributed by atoms with Crippen molar-refractivity contribution in [2.24, 2.45) is 22.7 Å². The summed E-state index contributed by atoms with van der Waals surface area (Å²) in [6.45, 7) is 6.25. The van der Waals surface area contributed by atoms with Crippen LogP contribution < -0.4 is 0 Å². The number of Topliss-reactive ketones (excluding diaryl/α,β-unsaturated/α-hetero) is 1. The van der Waals surface area contributed by atoms with Crippen LogP contribution in [-0.2, 0) is 4.79 Å². The summed E-state index contributed by atoms with van der Waals surface area (Å²) in [5.41, 5.74) is -8.17. The first-order valence-corrected chi connectivity index (χ1v) is 10.9. The fourth-order valence-electron chi connectivity index (χ4n) is 6.33. The molecule has 0 aromatic heterocycles. The van der Waals surface area contributed by atoms with E-state index in [2.05, 4.69) is 0 Å². The first-order chi connectivity index (χ1) is 13.8. The largest absolute Gasteiger partial charge is 0.426 e. The molecule has 2 unspecified atom stereocenters. The highest BCUT2D eigenvalue weighted by Gasteiger charge is 2.72. The van der Waals surface area contributed by atoms with Gasteiger partial charge in [-0.2, -0.15) is 26.3 Å². The topological polar surface area (TPSA) is 57.5 Å². The maximum atomic E-state index is 13.6. The molecule has 0 aliphatic heterocycles. The maximum Gasteiger partial charge on any atom is 0.426 e. The smallest absolute Gasteiger partial charge is 0.390 e. The molecule has 0 radical (unpaired) electrons. The zero-order valence-electron chi connectivity index (χ0n) is 18.6. The van der Waals surface area contributed by atoms with Gasteiger partial charge in [-0.1, -0.05) is 20.3 Å². The molecule has 9 heteroatoms. The minimum atomic E-state index is -5.88. The third kappa shape index (κ3) is 5.07. The second-order valence-corrected chi connectivity index (χ2v) is 10.9. The van der Waals surface area contributed by atoms with Gasteiger partial charge in [0.1, 0.15) is 5.78 Å². The molecule has 2 fully saturated rings. The number of ketones is 1. The second kappa shape index (κ2) is 8.19. The Morgan fingerprint density at radius 2 is 1.52 bits per heavy atom. The van der Waals surface area contributed by atoms with E-state index in [0.717, 1.165) is 0 Å². The highest BCUT2D eigenvalue weighted by molar-refractivity contribution is 5.83. The molecule has 2 saturated carbocycles. The van der Waals surface area contributed by atoms with Crippen LogP contribution in [0.25, 0.3) is 0 Å². The van der Waals surface area contributed by atoms with Crippen molar-refractivity contribution in [1.29, 1.82) is 0 Å². The van der Waals surface area contributed by atoms with E-state index in [9.17, 15) is 41.4 Å². The SMILES string of the molecule is CC(C)(O)CCC[C@](C)(CC(O)(C(F)(F)F)C(F)(F)F)C1CCC2C(=O)CCC[C@@]21C. The zero-order chi connectivity index (χ0) is 24.1. The van der Waals surface area contributed by atoms with Gasteiger partial charge in [0.15, 0.2) is 0 Å². The van der Waals surface area contributed by atoms with Gasteiger partial charge in [0.05, 0.1) is 5.60 Å². The number of alkyl halides is 6. The van der Waals surface area contributed by atoms with E-state index in [1.807, 2.05) is 0 Å². The van der Waals surface area contributed by atoms with E-state index >= 15 is 0 Å². The third-order valence-corrected chi connectivity index (χ3v) is 7.84. The van der Waals surface area contributed by atoms with Crippen LogP contribution in [0.1, 0.15) is 85.5 Å². The summed E-state index contributed by atoms with van der Waals surface area (Å²) < 4.78 is 81.3. The van der Waals surface area contributed by atoms with Crippen LogP contribution in [-0.4, -0.2) is 39.6 Å². The number of hydrogen-bond acceptors (Lipinski definition) is 3. The molecule has 182 valence electrons. The molecule has 2 aliphatic rings. The van der Waals surface area contributed by atoms with Crippen LogP contribution in [0.4, 0.5) is 26.3 Å². The van der Waals surface area contributed by atoms with Gasteiger partial charge in [-0.15, -0.1) is 0 Å². The van der Waals surface area contributed by atoms with Crippen molar-refractivity contribution >= 4 is 5.78 Å². The Morgan fingerprint density at radius 3 is 2.00 bits per heavy atom. The Hall–Kier alpha value is -0.830. The number of carbonyl (C=O) groups is 1. The summed E-state index contributed by atoms with van der Waals surface area (Å²) in [4.78, 5) is 12.5. The Balaban J connectivity index is 2.47. The number of fused-ring (bicyclic) bond motifs is 1. The van der Waals surface area contributed by atoms with Gasteiger partial charge in [0.25, 0.3) is 5.60 Å². The van der Waals surface area contributed by atoms with Crippen molar-refractivity contribution < 1.29 is 41.4 Å². The molecular weight excluding hydrogens is 426 g/mol. The average molecular weight is 460 g/mol. The van der Waals surface area contributed by atoms with Gasteiger partial charge < -0.3 is 10.2 Å². The van der Waals surface area contributed by atoms with Gasteiger partial charge in [-0.05, 0) is 75.5 Å². The van der Waals surface area contributed by atoms with Crippen LogP contribution in [0.5, 0.6) is 0 Å². The fraction of sp³-hybridized carbons (Fsp3) is 0.955. The molecule has 0 amide bonds. The van der Waals surface area contributed by atoms with Crippen LogP contribution in [0.15, 0.2) is 0 Å². The first-order valence-electron chi connectivity index (χ1n) is 10.9. The lowest BCUT2D eigenvalue weighted by molar-refractivity contribution is -0.378.